The van der Waals surface area contributed by atoms with E-state index in [0.717, 1.165) is 19.3 Å². The molecular weight excluding hydrogens is 447 g/mol. The number of aromatic amines is 1. The van der Waals surface area contributed by atoms with Crippen molar-refractivity contribution in [3.8, 4) is 0 Å². The smallest absolute Gasteiger partial charge is 0.225 e. The predicted molar refractivity (Wildman–Crippen MR) is 134 cm³/mol. The molecule has 0 unspecified atom stereocenters. The second kappa shape index (κ2) is 11.3. The van der Waals surface area contributed by atoms with Gasteiger partial charge in [-0.15, -0.1) is 0 Å². The zero-order chi connectivity index (χ0) is 25.8. The Hall–Kier alpha value is -2.77. The van der Waals surface area contributed by atoms with Crippen molar-refractivity contribution in [3.63, 3.8) is 0 Å². The van der Waals surface area contributed by atoms with Crippen LogP contribution in [0.25, 0.3) is 11.0 Å². The fourth-order valence-electron chi connectivity index (χ4n) is 4.55. The molecule has 0 saturated carbocycles. The molecule has 2 amide bonds. The Kier molecular flexibility index (Phi) is 8.67. The van der Waals surface area contributed by atoms with Crippen molar-refractivity contribution in [1.29, 1.82) is 0 Å². The van der Waals surface area contributed by atoms with E-state index >= 15 is 0 Å². The number of rotatable bonds is 9. The summed E-state index contributed by atoms with van der Waals surface area (Å²) in [6, 6.07) is 3.92. The lowest BCUT2D eigenvalue weighted by atomic mass is 9.90. The molecule has 7 nitrogen and oxygen atoms in total. The van der Waals surface area contributed by atoms with Crippen LogP contribution in [-0.2, 0) is 14.4 Å². The molecule has 8 heteroatoms. The van der Waals surface area contributed by atoms with Crippen LogP contribution in [0.15, 0.2) is 18.2 Å². The van der Waals surface area contributed by atoms with Crippen molar-refractivity contribution in [2.24, 2.45) is 5.41 Å². The molecule has 2 aromatic rings. The van der Waals surface area contributed by atoms with Crippen LogP contribution in [0.3, 0.4) is 0 Å². The van der Waals surface area contributed by atoms with Gasteiger partial charge in [-0.1, -0.05) is 33.8 Å². The molecular formula is C27H39FN4O3. The zero-order valence-electron chi connectivity index (χ0n) is 21.6. The van der Waals surface area contributed by atoms with E-state index in [1.165, 1.54) is 6.07 Å². The van der Waals surface area contributed by atoms with E-state index in [0.29, 0.717) is 30.7 Å². The summed E-state index contributed by atoms with van der Waals surface area (Å²) < 4.78 is 14.1. The van der Waals surface area contributed by atoms with Gasteiger partial charge in [0, 0.05) is 31.3 Å². The molecule has 1 aromatic carbocycles. The molecule has 192 valence electrons. The number of carbonyl (C=O) groups excluding carboxylic acids is 3. The van der Waals surface area contributed by atoms with Crippen molar-refractivity contribution in [3.05, 3.63) is 29.8 Å². The maximum Gasteiger partial charge on any atom is 0.225 e. The highest BCUT2D eigenvalue weighted by molar-refractivity contribution is 5.93. The molecule has 2 N–H and O–H groups in total. The molecule has 3 atom stereocenters. The largest absolute Gasteiger partial charge is 0.346 e. The standard InChI is InChI=1S/C27H39FN4O3/c1-17(26-30-20-11-8-10-19(28)25(20)31-26)15-22(33)21(29-23(34)12-13-27(3,4)5)16-24(35)32-14-7-6-9-18(32)2/h8,10-11,17-18,21H,6-7,9,12-16H2,1-5H3,(H,29,34)(H,30,31)/t17-,18-,21-/m0/s1. The first-order chi connectivity index (χ1) is 16.4. The number of nitrogens with zero attached hydrogens (tertiary/aromatic N) is 2. The van der Waals surface area contributed by atoms with Crippen LogP contribution in [0.2, 0.25) is 0 Å². The normalized spacial score (nSPS) is 18.3. The molecule has 0 radical (unpaired) electrons. The van der Waals surface area contributed by atoms with Crippen molar-refractivity contribution in [2.75, 3.05) is 6.54 Å². The average Bonchev–Trinajstić information content (AvgIpc) is 3.23. The topological polar surface area (TPSA) is 95.2 Å². The number of likely N-dealkylation sites (tertiary alicyclic amines) is 1. The molecule has 0 aliphatic carbocycles. The van der Waals surface area contributed by atoms with E-state index in [1.54, 1.807) is 12.1 Å². The minimum absolute atomic E-state index is 0.0129. The third-order valence-electron chi connectivity index (χ3n) is 6.78. The maximum atomic E-state index is 14.1. The summed E-state index contributed by atoms with van der Waals surface area (Å²) in [5, 5.41) is 2.84. The number of halogens is 1. The number of benzene rings is 1. The van der Waals surface area contributed by atoms with Gasteiger partial charge < -0.3 is 15.2 Å². The second-order valence-corrected chi connectivity index (χ2v) is 11.1. The first-order valence-electron chi connectivity index (χ1n) is 12.7. The highest BCUT2D eigenvalue weighted by Gasteiger charge is 2.31. The van der Waals surface area contributed by atoms with Crippen LogP contribution >= 0.6 is 0 Å². The number of H-pyrrole nitrogens is 1. The number of aromatic nitrogens is 2. The average molecular weight is 487 g/mol. The minimum Gasteiger partial charge on any atom is -0.346 e. The van der Waals surface area contributed by atoms with Crippen molar-refractivity contribution in [2.45, 2.75) is 97.6 Å². The lowest BCUT2D eigenvalue weighted by Crippen LogP contribution is -2.48. The van der Waals surface area contributed by atoms with Crippen LogP contribution in [0, 0.1) is 11.2 Å². The number of fused-ring (bicyclic) bond motifs is 1. The zero-order valence-corrected chi connectivity index (χ0v) is 21.6. The van der Waals surface area contributed by atoms with Gasteiger partial charge in [-0.2, -0.15) is 0 Å². The third-order valence-corrected chi connectivity index (χ3v) is 6.78. The Balaban J connectivity index is 1.72. The molecule has 1 aliphatic heterocycles. The van der Waals surface area contributed by atoms with Gasteiger partial charge in [-0.25, -0.2) is 9.37 Å². The molecule has 1 saturated heterocycles. The van der Waals surface area contributed by atoms with Crippen molar-refractivity contribution in [1.82, 2.24) is 20.2 Å². The van der Waals surface area contributed by atoms with E-state index in [4.69, 9.17) is 0 Å². The molecule has 2 heterocycles. The van der Waals surface area contributed by atoms with Gasteiger partial charge >= 0.3 is 0 Å². The van der Waals surface area contributed by atoms with Gasteiger partial charge in [0.25, 0.3) is 0 Å². The molecule has 1 aliphatic rings. The first kappa shape index (κ1) is 26.8. The van der Waals surface area contributed by atoms with Gasteiger partial charge in [-0.3, -0.25) is 14.4 Å². The summed E-state index contributed by atoms with van der Waals surface area (Å²) in [6.45, 7) is 10.7. The van der Waals surface area contributed by atoms with Gasteiger partial charge in [-0.05, 0) is 50.2 Å². The number of carbonyl (C=O) groups is 3. The molecule has 1 fully saturated rings. The fraction of sp³-hybridized carbons (Fsp3) is 0.630. The van der Waals surface area contributed by atoms with Gasteiger partial charge in [0.2, 0.25) is 11.8 Å². The Bertz CT molecular complexity index is 1060. The monoisotopic (exact) mass is 486 g/mol. The maximum absolute atomic E-state index is 14.1. The van der Waals surface area contributed by atoms with Crippen LogP contribution in [0.5, 0.6) is 0 Å². The second-order valence-electron chi connectivity index (χ2n) is 11.1. The summed E-state index contributed by atoms with van der Waals surface area (Å²) >= 11 is 0. The molecule has 0 bridgehead atoms. The van der Waals surface area contributed by atoms with Crippen LogP contribution < -0.4 is 5.32 Å². The van der Waals surface area contributed by atoms with Crippen LogP contribution in [0.4, 0.5) is 4.39 Å². The Morgan fingerprint density at radius 3 is 2.63 bits per heavy atom. The quantitative estimate of drug-likeness (QED) is 0.529. The number of nitrogens with one attached hydrogen (secondary N) is 2. The lowest BCUT2D eigenvalue weighted by molar-refractivity contribution is -0.138. The minimum atomic E-state index is -0.896. The lowest BCUT2D eigenvalue weighted by Gasteiger charge is -2.34. The molecule has 3 rings (SSSR count). The van der Waals surface area contributed by atoms with E-state index in [9.17, 15) is 18.8 Å². The number of Topliss-reactive ketones (excluding diaryl/α,β-unsaturated/α-hetero) is 1. The number of hydrogen-bond donors (Lipinski definition) is 2. The summed E-state index contributed by atoms with van der Waals surface area (Å²) in [5.41, 5.74) is 0.796. The van der Waals surface area contributed by atoms with Gasteiger partial charge in [0.05, 0.1) is 18.0 Å². The Morgan fingerprint density at radius 1 is 1.23 bits per heavy atom. The van der Waals surface area contributed by atoms with E-state index in [-0.39, 0.29) is 53.3 Å². The SMILES string of the molecule is C[C@@H](CC(=O)[C@H](CC(=O)N1CCCC[C@@H]1C)NC(=O)CCC(C)(C)C)c1nc2c(F)cccc2[nH]1. The number of ketones is 1. The fourth-order valence-corrected chi connectivity index (χ4v) is 4.55. The van der Waals surface area contributed by atoms with Crippen LogP contribution in [0.1, 0.15) is 91.3 Å². The Labute approximate surface area is 207 Å². The van der Waals surface area contributed by atoms with E-state index in [2.05, 4.69) is 36.1 Å². The highest BCUT2D eigenvalue weighted by atomic mass is 19.1. The molecule has 35 heavy (non-hydrogen) atoms. The number of para-hydroxylation sites is 1. The summed E-state index contributed by atoms with van der Waals surface area (Å²) in [6.07, 6.45) is 3.98. The summed E-state index contributed by atoms with van der Waals surface area (Å²) in [5.74, 6) is -0.796. The highest BCUT2D eigenvalue weighted by Crippen LogP contribution is 2.24. The molecule has 1 aromatic heterocycles. The van der Waals surface area contributed by atoms with Gasteiger partial charge in [0.15, 0.2) is 11.6 Å². The number of piperidine rings is 1. The summed E-state index contributed by atoms with van der Waals surface area (Å²) in [4.78, 5) is 48.4. The first-order valence-corrected chi connectivity index (χ1v) is 12.7. The van der Waals surface area contributed by atoms with Gasteiger partial charge in [0.1, 0.15) is 11.3 Å². The predicted octanol–water partition coefficient (Wildman–Crippen LogP) is 4.87. The molecule has 0 spiro atoms. The van der Waals surface area contributed by atoms with E-state index < -0.39 is 11.9 Å². The third kappa shape index (κ3) is 7.36. The Morgan fingerprint density at radius 2 is 1.97 bits per heavy atom. The van der Waals surface area contributed by atoms with Crippen molar-refractivity contribution < 1.29 is 18.8 Å². The number of hydrogen-bond acceptors (Lipinski definition) is 4. The number of imidazole rings is 1. The van der Waals surface area contributed by atoms with E-state index in [1.807, 2.05) is 18.7 Å². The summed E-state index contributed by atoms with van der Waals surface area (Å²) in [7, 11) is 0. The van der Waals surface area contributed by atoms with Crippen molar-refractivity contribution >= 4 is 28.6 Å². The number of amides is 2. The van der Waals surface area contributed by atoms with Crippen LogP contribution in [-0.4, -0.2) is 51.1 Å².